The maximum absolute atomic E-state index is 13.4. The maximum atomic E-state index is 13.4. The van der Waals surface area contributed by atoms with Gasteiger partial charge < -0.3 is 5.32 Å². The van der Waals surface area contributed by atoms with Crippen LogP contribution in [0.3, 0.4) is 0 Å². The van der Waals surface area contributed by atoms with E-state index in [1.54, 1.807) is 36.4 Å². The highest BCUT2D eigenvalue weighted by Gasteiger charge is 2.27. The van der Waals surface area contributed by atoms with Crippen LogP contribution in [0.5, 0.6) is 0 Å². The quantitative estimate of drug-likeness (QED) is 0.529. The van der Waals surface area contributed by atoms with Crippen LogP contribution < -0.4 is 9.62 Å². The smallest absolute Gasteiger partial charge is 0.264 e. The van der Waals surface area contributed by atoms with Crippen LogP contribution in [0, 0.1) is 13.8 Å². The molecule has 0 heterocycles. The summed E-state index contributed by atoms with van der Waals surface area (Å²) in [6, 6.07) is 18.0. The van der Waals surface area contributed by atoms with Crippen LogP contribution in [-0.4, -0.2) is 20.9 Å². The summed E-state index contributed by atoms with van der Waals surface area (Å²) in [4.78, 5) is 12.9. The molecule has 0 spiro atoms. The van der Waals surface area contributed by atoms with E-state index in [0.717, 1.165) is 15.4 Å². The predicted octanol–water partition coefficient (Wildman–Crippen LogP) is 5.44. The van der Waals surface area contributed by atoms with Crippen molar-refractivity contribution in [1.29, 1.82) is 0 Å². The first kappa shape index (κ1) is 22.2. The van der Waals surface area contributed by atoms with Crippen molar-refractivity contribution in [3.05, 3.63) is 87.9 Å². The van der Waals surface area contributed by atoms with Gasteiger partial charge in [-0.2, -0.15) is 0 Å². The number of nitrogens with one attached hydrogen (secondary N) is 1. The van der Waals surface area contributed by atoms with Crippen LogP contribution in [-0.2, 0) is 14.8 Å². The Morgan fingerprint density at radius 1 is 0.900 bits per heavy atom. The molecule has 3 aromatic rings. The van der Waals surface area contributed by atoms with Crippen molar-refractivity contribution in [2.24, 2.45) is 0 Å². The molecular weight excluding hydrogens is 443 g/mol. The first-order valence-corrected chi connectivity index (χ1v) is 11.3. The Morgan fingerprint density at radius 3 is 2.03 bits per heavy atom. The molecule has 0 aliphatic carbocycles. The lowest BCUT2D eigenvalue weighted by molar-refractivity contribution is -0.114. The molecular formula is C22H20Cl2N2O3S. The molecule has 3 rings (SSSR count). The van der Waals surface area contributed by atoms with Crippen molar-refractivity contribution in [3.63, 3.8) is 0 Å². The zero-order valence-corrected chi connectivity index (χ0v) is 18.7. The molecule has 0 aliphatic heterocycles. The van der Waals surface area contributed by atoms with Gasteiger partial charge in [-0.15, -0.1) is 0 Å². The van der Waals surface area contributed by atoms with Gasteiger partial charge in [0.25, 0.3) is 10.0 Å². The van der Waals surface area contributed by atoms with E-state index in [0.29, 0.717) is 21.4 Å². The van der Waals surface area contributed by atoms with Gasteiger partial charge in [0.05, 0.1) is 10.6 Å². The van der Waals surface area contributed by atoms with Gasteiger partial charge in [-0.25, -0.2) is 8.42 Å². The second-order valence-corrected chi connectivity index (χ2v) is 9.61. The van der Waals surface area contributed by atoms with Crippen LogP contribution in [0.1, 0.15) is 11.1 Å². The molecule has 3 aromatic carbocycles. The average Bonchev–Trinajstić information content (AvgIpc) is 2.65. The lowest BCUT2D eigenvalue weighted by Gasteiger charge is -2.25. The first-order chi connectivity index (χ1) is 14.1. The van der Waals surface area contributed by atoms with Gasteiger partial charge in [0, 0.05) is 15.7 Å². The number of nitrogens with zero attached hydrogens (tertiary/aromatic N) is 1. The van der Waals surface area contributed by atoms with E-state index >= 15 is 0 Å². The molecule has 0 unspecified atom stereocenters. The minimum atomic E-state index is -3.97. The van der Waals surface area contributed by atoms with Crippen molar-refractivity contribution >= 4 is 50.5 Å². The molecule has 0 atom stereocenters. The third-order valence-corrected chi connectivity index (χ3v) is 6.48. The van der Waals surface area contributed by atoms with Crippen LogP contribution in [0.15, 0.2) is 71.6 Å². The van der Waals surface area contributed by atoms with Crippen LogP contribution >= 0.6 is 23.2 Å². The summed E-state index contributed by atoms with van der Waals surface area (Å²) in [5.41, 5.74) is 2.58. The first-order valence-electron chi connectivity index (χ1n) is 9.07. The molecule has 0 saturated carbocycles. The van der Waals surface area contributed by atoms with Crippen LogP contribution in [0.25, 0.3) is 0 Å². The highest BCUT2D eigenvalue weighted by atomic mass is 35.5. The van der Waals surface area contributed by atoms with Crippen LogP contribution in [0.4, 0.5) is 11.4 Å². The summed E-state index contributed by atoms with van der Waals surface area (Å²) in [6.45, 7) is 3.33. The number of sulfonamides is 1. The Morgan fingerprint density at radius 2 is 1.47 bits per heavy atom. The number of amides is 1. The molecule has 0 radical (unpaired) electrons. The van der Waals surface area contributed by atoms with Gasteiger partial charge in [0.2, 0.25) is 5.91 Å². The highest BCUT2D eigenvalue weighted by Crippen LogP contribution is 2.27. The molecule has 0 aromatic heterocycles. The standard InChI is InChI=1S/C22H20Cl2N2O3S/c1-15-8-16(2)10-20(9-15)26(30(28,29)21-6-4-3-5-7-21)14-22(27)25-19-12-17(23)11-18(24)13-19/h3-13H,14H2,1-2H3,(H,25,27). The number of hydrogen-bond donors (Lipinski definition) is 1. The van der Waals surface area contributed by atoms with E-state index < -0.39 is 22.5 Å². The van der Waals surface area contributed by atoms with E-state index in [1.165, 1.54) is 24.3 Å². The molecule has 1 amide bonds. The third kappa shape index (κ3) is 5.33. The monoisotopic (exact) mass is 462 g/mol. The molecule has 0 saturated heterocycles. The van der Waals surface area contributed by atoms with Crippen molar-refractivity contribution in [3.8, 4) is 0 Å². The minimum Gasteiger partial charge on any atom is -0.324 e. The number of carbonyl (C=O) groups excluding carboxylic acids is 1. The Hall–Kier alpha value is -2.54. The SMILES string of the molecule is Cc1cc(C)cc(N(CC(=O)Nc2cc(Cl)cc(Cl)c2)S(=O)(=O)c2ccccc2)c1. The molecule has 1 N–H and O–H groups in total. The number of hydrogen-bond acceptors (Lipinski definition) is 3. The number of halogens is 2. The molecule has 5 nitrogen and oxygen atoms in total. The zero-order chi connectivity index (χ0) is 21.9. The van der Waals surface area contributed by atoms with E-state index in [-0.39, 0.29) is 4.90 Å². The van der Waals surface area contributed by atoms with E-state index in [9.17, 15) is 13.2 Å². The zero-order valence-electron chi connectivity index (χ0n) is 16.4. The predicted molar refractivity (Wildman–Crippen MR) is 122 cm³/mol. The van der Waals surface area contributed by atoms with Crippen LogP contribution in [0.2, 0.25) is 10.0 Å². The molecule has 0 fully saturated rings. The van der Waals surface area contributed by atoms with Gasteiger partial charge in [-0.3, -0.25) is 9.10 Å². The van der Waals surface area contributed by atoms with E-state index in [1.807, 2.05) is 19.9 Å². The average molecular weight is 463 g/mol. The summed E-state index contributed by atoms with van der Waals surface area (Å²) in [5.74, 6) is -0.521. The van der Waals surface area contributed by atoms with Gasteiger partial charge in [0.15, 0.2) is 0 Å². The Balaban J connectivity index is 1.98. The van der Waals surface area contributed by atoms with Gasteiger partial charge in [0.1, 0.15) is 6.54 Å². The Kier molecular flexibility index (Phi) is 6.71. The van der Waals surface area contributed by atoms with E-state index in [2.05, 4.69) is 5.32 Å². The fourth-order valence-corrected chi connectivity index (χ4v) is 5.04. The summed E-state index contributed by atoms with van der Waals surface area (Å²) in [7, 11) is -3.97. The normalized spacial score (nSPS) is 11.2. The summed E-state index contributed by atoms with van der Waals surface area (Å²) in [6.07, 6.45) is 0. The molecule has 0 aliphatic rings. The fraction of sp³-hybridized carbons (Fsp3) is 0.136. The van der Waals surface area contributed by atoms with Crippen molar-refractivity contribution in [1.82, 2.24) is 0 Å². The third-order valence-electron chi connectivity index (χ3n) is 4.26. The topological polar surface area (TPSA) is 66.5 Å². The van der Waals surface area contributed by atoms with Gasteiger partial charge in [-0.1, -0.05) is 47.5 Å². The molecule has 0 bridgehead atoms. The molecule has 8 heteroatoms. The second kappa shape index (κ2) is 9.08. The van der Waals surface area contributed by atoms with Crippen molar-refractivity contribution < 1.29 is 13.2 Å². The largest absolute Gasteiger partial charge is 0.324 e. The Bertz CT molecular complexity index is 1140. The van der Waals surface area contributed by atoms with Crippen molar-refractivity contribution in [2.45, 2.75) is 18.7 Å². The number of aryl methyl sites for hydroxylation is 2. The van der Waals surface area contributed by atoms with Gasteiger partial charge >= 0.3 is 0 Å². The molecule has 156 valence electrons. The number of rotatable bonds is 6. The number of benzene rings is 3. The maximum Gasteiger partial charge on any atom is 0.264 e. The summed E-state index contributed by atoms with van der Waals surface area (Å²) in [5, 5.41) is 3.39. The fourth-order valence-electron chi connectivity index (χ4n) is 3.09. The lowest BCUT2D eigenvalue weighted by Crippen LogP contribution is -2.38. The van der Waals surface area contributed by atoms with Crippen molar-refractivity contribution in [2.75, 3.05) is 16.2 Å². The second-order valence-electron chi connectivity index (χ2n) is 6.88. The lowest BCUT2D eigenvalue weighted by atomic mass is 10.1. The number of anilines is 2. The number of carbonyl (C=O) groups is 1. The van der Waals surface area contributed by atoms with Gasteiger partial charge in [-0.05, 0) is 67.4 Å². The summed E-state index contributed by atoms with van der Waals surface area (Å²) < 4.78 is 27.8. The van der Waals surface area contributed by atoms with E-state index in [4.69, 9.17) is 23.2 Å². The summed E-state index contributed by atoms with van der Waals surface area (Å²) >= 11 is 12.0. The minimum absolute atomic E-state index is 0.0998. The highest BCUT2D eigenvalue weighted by molar-refractivity contribution is 7.92. The molecule has 30 heavy (non-hydrogen) atoms. The Labute approximate surface area is 186 Å².